The molecule has 22 heavy (non-hydrogen) atoms. The molecule has 0 aliphatic carbocycles. The van der Waals surface area contributed by atoms with Gasteiger partial charge in [0, 0.05) is 33.6 Å². The van der Waals surface area contributed by atoms with Crippen LogP contribution in [-0.2, 0) is 14.8 Å². The van der Waals surface area contributed by atoms with Crippen LogP contribution in [0.3, 0.4) is 0 Å². The van der Waals surface area contributed by atoms with Crippen LogP contribution in [-0.4, -0.2) is 36.9 Å². The minimum atomic E-state index is -3.72. The Morgan fingerprint density at radius 3 is 2.82 bits per heavy atom. The first-order valence-electron chi connectivity index (χ1n) is 6.64. The summed E-state index contributed by atoms with van der Waals surface area (Å²) >= 11 is 7.30. The maximum Gasteiger partial charge on any atom is 0.310 e. The molecule has 2 aromatic rings. The fourth-order valence-electron chi connectivity index (χ4n) is 2.62. The van der Waals surface area contributed by atoms with Gasteiger partial charge in [0.05, 0.1) is 5.41 Å². The van der Waals surface area contributed by atoms with Crippen molar-refractivity contribution >= 4 is 49.0 Å². The highest BCUT2D eigenvalue weighted by Crippen LogP contribution is 2.38. The molecular weight excluding hydrogens is 346 g/mol. The second-order valence-electron chi connectivity index (χ2n) is 5.69. The third-order valence-corrected chi connectivity index (χ3v) is 7.31. The summed E-state index contributed by atoms with van der Waals surface area (Å²) in [4.78, 5) is 11.5. The van der Waals surface area contributed by atoms with Gasteiger partial charge in [-0.2, -0.15) is 4.31 Å². The van der Waals surface area contributed by atoms with Crippen LogP contribution in [0.1, 0.15) is 13.3 Å². The van der Waals surface area contributed by atoms with E-state index in [0.717, 1.165) is 4.70 Å². The topological polar surface area (TPSA) is 74.7 Å². The van der Waals surface area contributed by atoms with Gasteiger partial charge in [-0.15, -0.1) is 11.3 Å². The van der Waals surface area contributed by atoms with E-state index >= 15 is 0 Å². The summed E-state index contributed by atoms with van der Waals surface area (Å²) in [5.74, 6) is -0.969. The molecule has 0 radical (unpaired) electrons. The van der Waals surface area contributed by atoms with E-state index in [0.29, 0.717) is 16.8 Å². The normalized spacial score (nSPS) is 23.2. The quantitative estimate of drug-likeness (QED) is 0.914. The highest BCUT2D eigenvalue weighted by molar-refractivity contribution is 7.89. The highest BCUT2D eigenvalue weighted by Gasteiger charge is 2.45. The first-order valence-corrected chi connectivity index (χ1v) is 9.34. The third-order valence-electron chi connectivity index (χ3n) is 4.07. The Hall–Kier alpha value is -1.15. The van der Waals surface area contributed by atoms with E-state index < -0.39 is 21.4 Å². The Balaban J connectivity index is 2.03. The lowest BCUT2D eigenvalue weighted by molar-refractivity contribution is -0.146. The summed E-state index contributed by atoms with van der Waals surface area (Å²) in [6.45, 7) is 1.78. The van der Waals surface area contributed by atoms with Crippen LogP contribution in [0.4, 0.5) is 0 Å². The second-order valence-corrected chi connectivity index (χ2v) is 8.95. The lowest BCUT2D eigenvalue weighted by Gasteiger charge is -2.19. The molecule has 1 aliphatic rings. The van der Waals surface area contributed by atoms with Crippen molar-refractivity contribution in [1.82, 2.24) is 4.31 Å². The lowest BCUT2D eigenvalue weighted by atomic mass is 9.90. The first kappa shape index (κ1) is 15.7. The number of carboxylic acid groups (broad SMARTS) is 1. The van der Waals surface area contributed by atoms with Gasteiger partial charge in [0.1, 0.15) is 4.90 Å². The number of sulfonamides is 1. The van der Waals surface area contributed by atoms with Crippen molar-refractivity contribution in [3.05, 3.63) is 28.6 Å². The van der Waals surface area contributed by atoms with E-state index in [-0.39, 0.29) is 18.0 Å². The molecule has 118 valence electrons. The van der Waals surface area contributed by atoms with Crippen LogP contribution >= 0.6 is 22.9 Å². The number of rotatable bonds is 3. The number of benzene rings is 1. The van der Waals surface area contributed by atoms with Crippen molar-refractivity contribution in [2.75, 3.05) is 13.1 Å². The van der Waals surface area contributed by atoms with Crippen LogP contribution in [0.25, 0.3) is 10.1 Å². The molecule has 1 atom stereocenters. The Bertz CT molecular complexity index is 861. The number of carboxylic acids is 1. The summed E-state index contributed by atoms with van der Waals surface area (Å²) in [6, 6.07) is 5.13. The number of thiophene rings is 1. The molecule has 1 aliphatic heterocycles. The van der Waals surface area contributed by atoms with Gasteiger partial charge in [-0.25, -0.2) is 8.42 Å². The molecule has 0 spiro atoms. The zero-order valence-electron chi connectivity index (χ0n) is 11.7. The average Bonchev–Trinajstić information content (AvgIpc) is 3.03. The minimum Gasteiger partial charge on any atom is -0.481 e. The van der Waals surface area contributed by atoms with E-state index in [9.17, 15) is 18.3 Å². The second kappa shape index (κ2) is 5.19. The predicted octanol–water partition coefficient (Wildman–Crippen LogP) is 3.04. The number of hydrogen-bond donors (Lipinski definition) is 1. The molecule has 0 amide bonds. The number of hydrogen-bond acceptors (Lipinski definition) is 4. The fraction of sp³-hybridized carbons (Fsp3) is 0.357. The fourth-order valence-corrected chi connectivity index (χ4v) is 5.80. The maximum atomic E-state index is 12.8. The molecule has 1 N–H and O–H groups in total. The smallest absolute Gasteiger partial charge is 0.310 e. The van der Waals surface area contributed by atoms with E-state index in [2.05, 4.69) is 0 Å². The number of carbonyl (C=O) groups is 1. The van der Waals surface area contributed by atoms with Crippen molar-refractivity contribution in [2.45, 2.75) is 18.2 Å². The summed E-state index contributed by atoms with van der Waals surface area (Å²) in [5.41, 5.74) is -1.03. The zero-order valence-corrected chi connectivity index (χ0v) is 14.1. The summed E-state index contributed by atoms with van der Waals surface area (Å²) < 4.78 is 27.7. The van der Waals surface area contributed by atoms with Crippen LogP contribution in [0.15, 0.2) is 28.5 Å². The molecule has 1 aromatic carbocycles. The van der Waals surface area contributed by atoms with Gasteiger partial charge in [-0.3, -0.25) is 4.79 Å². The maximum absolute atomic E-state index is 12.8. The number of fused-ring (bicyclic) bond motifs is 1. The van der Waals surface area contributed by atoms with Gasteiger partial charge in [0.25, 0.3) is 0 Å². The minimum absolute atomic E-state index is 0.0113. The van der Waals surface area contributed by atoms with Gasteiger partial charge in [0.2, 0.25) is 10.0 Å². The van der Waals surface area contributed by atoms with Crippen LogP contribution in [0.5, 0.6) is 0 Å². The monoisotopic (exact) mass is 359 g/mol. The van der Waals surface area contributed by atoms with Crippen LogP contribution in [0, 0.1) is 5.41 Å². The number of halogens is 1. The van der Waals surface area contributed by atoms with Crippen molar-refractivity contribution in [3.8, 4) is 0 Å². The van der Waals surface area contributed by atoms with Gasteiger partial charge in [-0.1, -0.05) is 11.6 Å². The Labute approximate surface area is 137 Å². The molecule has 5 nitrogen and oxygen atoms in total. The van der Waals surface area contributed by atoms with Gasteiger partial charge >= 0.3 is 5.97 Å². The molecule has 3 rings (SSSR count). The SMILES string of the molecule is CC1(C(=O)O)CCN(S(=O)(=O)c2csc3ccc(Cl)cc23)C1. The van der Waals surface area contributed by atoms with E-state index in [1.54, 1.807) is 30.5 Å². The van der Waals surface area contributed by atoms with Crippen molar-refractivity contribution in [2.24, 2.45) is 5.41 Å². The van der Waals surface area contributed by atoms with Crippen molar-refractivity contribution in [1.29, 1.82) is 0 Å². The van der Waals surface area contributed by atoms with Gasteiger partial charge in [0.15, 0.2) is 0 Å². The van der Waals surface area contributed by atoms with Crippen molar-refractivity contribution < 1.29 is 18.3 Å². The van der Waals surface area contributed by atoms with Crippen LogP contribution < -0.4 is 0 Å². The molecular formula is C14H14ClNO4S2. The molecule has 0 bridgehead atoms. The first-order chi connectivity index (χ1) is 10.2. The molecule has 0 saturated carbocycles. The summed E-state index contributed by atoms with van der Waals surface area (Å²) in [7, 11) is -3.72. The Kier molecular flexibility index (Phi) is 3.71. The molecule has 8 heteroatoms. The number of nitrogens with zero attached hydrogens (tertiary/aromatic N) is 1. The average molecular weight is 360 g/mol. The molecule has 1 unspecified atom stereocenters. The van der Waals surface area contributed by atoms with Gasteiger partial charge < -0.3 is 5.11 Å². The highest BCUT2D eigenvalue weighted by atomic mass is 35.5. The number of aliphatic carboxylic acids is 1. The van der Waals surface area contributed by atoms with E-state index in [1.807, 2.05) is 0 Å². The standard InChI is InChI=1S/C14H14ClNO4S2/c1-14(13(17)18)4-5-16(8-14)22(19,20)12-7-21-11-3-2-9(15)6-10(11)12/h2-3,6-7H,4-5,8H2,1H3,(H,17,18). The van der Waals surface area contributed by atoms with Crippen LogP contribution in [0.2, 0.25) is 5.02 Å². The Morgan fingerprint density at radius 1 is 1.45 bits per heavy atom. The van der Waals surface area contributed by atoms with Gasteiger partial charge in [-0.05, 0) is 31.5 Å². The van der Waals surface area contributed by atoms with Crippen molar-refractivity contribution in [3.63, 3.8) is 0 Å². The largest absolute Gasteiger partial charge is 0.481 e. The summed E-state index contributed by atoms with van der Waals surface area (Å²) in [5, 5.41) is 11.9. The zero-order chi connectivity index (χ0) is 16.1. The molecule has 1 fully saturated rings. The molecule has 2 heterocycles. The van der Waals surface area contributed by atoms with E-state index in [1.165, 1.54) is 15.6 Å². The molecule has 1 saturated heterocycles. The summed E-state index contributed by atoms with van der Waals surface area (Å²) in [6.07, 6.45) is 0.310. The Morgan fingerprint density at radius 2 is 2.18 bits per heavy atom. The predicted molar refractivity (Wildman–Crippen MR) is 86.0 cm³/mol. The molecule has 1 aromatic heterocycles. The van der Waals surface area contributed by atoms with E-state index in [4.69, 9.17) is 11.6 Å². The third kappa shape index (κ3) is 2.42. The lowest BCUT2D eigenvalue weighted by Crippen LogP contribution is -2.34.